The zero-order valence-electron chi connectivity index (χ0n) is 10.3. The van der Waals surface area contributed by atoms with Gasteiger partial charge in [-0.1, -0.05) is 0 Å². The van der Waals surface area contributed by atoms with Gasteiger partial charge in [0.2, 0.25) is 0 Å². The van der Waals surface area contributed by atoms with Gasteiger partial charge in [0.1, 0.15) is 5.82 Å². The maximum Gasteiger partial charge on any atom is 0.124 e. The first-order valence-corrected chi connectivity index (χ1v) is 7.39. The lowest BCUT2D eigenvalue weighted by molar-refractivity contribution is 0.0718. The first-order chi connectivity index (χ1) is 8.67. The molecule has 0 radical (unpaired) electrons. The van der Waals surface area contributed by atoms with Crippen LogP contribution in [0.5, 0.6) is 0 Å². The number of halogens is 2. The summed E-state index contributed by atoms with van der Waals surface area (Å²) < 4.78 is 13.8. The van der Waals surface area contributed by atoms with Gasteiger partial charge in [0.05, 0.1) is 0 Å². The Balaban J connectivity index is 1.59. The number of benzene rings is 1. The predicted molar refractivity (Wildman–Crippen MR) is 75.3 cm³/mol. The van der Waals surface area contributed by atoms with Crippen LogP contribution in [0.4, 0.5) is 10.1 Å². The molecule has 0 aromatic heterocycles. The Hall–Kier alpha value is -0.610. The van der Waals surface area contributed by atoms with E-state index in [9.17, 15) is 4.39 Å². The lowest BCUT2D eigenvalue weighted by atomic mass is 9.60. The second kappa shape index (κ2) is 4.82. The molecular formula is C14H18BrFN2. The van der Waals surface area contributed by atoms with Crippen molar-refractivity contribution < 1.29 is 4.39 Å². The van der Waals surface area contributed by atoms with Gasteiger partial charge in [-0.2, -0.15) is 0 Å². The Labute approximate surface area is 115 Å². The Morgan fingerprint density at radius 1 is 1.28 bits per heavy atom. The minimum absolute atomic E-state index is 0.198. The van der Waals surface area contributed by atoms with E-state index in [1.54, 1.807) is 0 Å². The molecule has 1 saturated carbocycles. The minimum Gasteiger partial charge on any atom is -0.381 e. The Kier molecular flexibility index (Phi) is 3.32. The summed E-state index contributed by atoms with van der Waals surface area (Å²) in [5.74, 6) is -0.198. The number of hydrogen-bond donors (Lipinski definition) is 2. The van der Waals surface area contributed by atoms with Crippen LogP contribution in [0.3, 0.4) is 0 Å². The molecule has 2 aliphatic rings. The zero-order chi connectivity index (χ0) is 12.6. The molecule has 1 aliphatic heterocycles. The molecule has 1 aliphatic carbocycles. The van der Waals surface area contributed by atoms with Gasteiger partial charge in [-0.3, -0.25) is 0 Å². The molecule has 0 unspecified atom stereocenters. The molecule has 3 rings (SSSR count). The number of nitrogens with one attached hydrogen (secondary N) is 2. The highest BCUT2D eigenvalue weighted by Crippen LogP contribution is 2.49. The summed E-state index contributed by atoms with van der Waals surface area (Å²) in [6.07, 6.45) is 5.10. The monoisotopic (exact) mass is 312 g/mol. The van der Waals surface area contributed by atoms with E-state index in [0.717, 1.165) is 23.2 Å². The minimum atomic E-state index is -0.198. The third-order valence-corrected chi connectivity index (χ3v) is 4.97. The fraction of sp³-hybridized carbons (Fsp3) is 0.571. The van der Waals surface area contributed by atoms with Crippen LogP contribution in [-0.2, 0) is 0 Å². The van der Waals surface area contributed by atoms with Gasteiger partial charge >= 0.3 is 0 Å². The van der Waals surface area contributed by atoms with Crippen LogP contribution < -0.4 is 10.6 Å². The van der Waals surface area contributed by atoms with E-state index in [2.05, 4.69) is 26.6 Å². The van der Waals surface area contributed by atoms with E-state index in [4.69, 9.17) is 0 Å². The molecule has 18 heavy (non-hydrogen) atoms. The fourth-order valence-electron chi connectivity index (χ4n) is 3.28. The van der Waals surface area contributed by atoms with Crippen molar-refractivity contribution in [1.82, 2.24) is 5.32 Å². The van der Waals surface area contributed by atoms with Crippen molar-refractivity contribution in [3.8, 4) is 0 Å². The highest BCUT2D eigenvalue weighted by molar-refractivity contribution is 9.10. The van der Waals surface area contributed by atoms with Gasteiger partial charge in [0, 0.05) is 16.2 Å². The number of hydrogen-bond acceptors (Lipinski definition) is 2. The Bertz CT molecular complexity index is 435. The third-order valence-electron chi connectivity index (χ3n) is 4.31. The summed E-state index contributed by atoms with van der Waals surface area (Å²) in [5.41, 5.74) is 1.58. The molecule has 0 atom stereocenters. The molecule has 1 aromatic rings. The van der Waals surface area contributed by atoms with E-state index >= 15 is 0 Å². The molecular weight excluding hydrogens is 295 g/mol. The molecule has 1 spiro atoms. The van der Waals surface area contributed by atoms with Crippen LogP contribution in [0.15, 0.2) is 22.7 Å². The lowest BCUT2D eigenvalue weighted by Gasteiger charge is -2.51. The largest absolute Gasteiger partial charge is 0.381 e. The summed E-state index contributed by atoms with van der Waals surface area (Å²) in [5, 5.41) is 6.93. The number of rotatable bonds is 2. The number of piperidine rings is 1. The normalized spacial score (nSPS) is 22.8. The van der Waals surface area contributed by atoms with Crippen molar-refractivity contribution in [2.75, 3.05) is 18.4 Å². The van der Waals surface area contributed by atoms with Crippen LogP contribution in [-0.4, -0.2) is 19.1 Å². The van der Waals surface area contributed by atoms with E-state index in [0.29, 0.717) is 11.5 Å². The molecule has 2 nitrogen and oxygen atoms in total. The maximum atomic E-state index is 13.0. The molecule has 0 bridgehead atoms. The maximum absolute atomic E-state index is 13.0. The lowest BCUT2D eigenvalue weighted by Crippen LogP contribution is -2.50. The highest BCUT2D eigenvalue weighted by atomic mass is 79.9. The number of anilines is 1. The average Bonchev–Trinajstić information content (AvgIpc) is 2.32. The van der Waals surface area contributed by atoms with Gasteiger partial charge in [0.15, 0.2) is 0 Å². The summed E-state index contributed by atoms with van der Waals surface area (Å²) in [6.45, 7) is 2.32. The first kappa shape index (κ1) is 12.4. The average molecular weight is 313 g/mol. The molecule has 0 amide bonds. The van der Waals surface area contributed by atoms with E-state index < -0.39 is 0 Å². The van der Waals surface area contributed by atoms with Gasteiger partial charge in [-0.05, 0) is 78.3 Å². The third kappa shape index (κ3) is 2.41. The van der Waals surface area contributed by atoms with Crippen molar-refractivity contribution >= 4 is 21.6 Å². The Morgan fingerprint density at radius 3 is 2.67 bits per heavy atom. The summed E-state index contributed by atoms with van der Waals surface area (Å²) in [4.78, 5) is 0. The molecule has 4 heteroatoms. The quantitative estimate of drug-likeness (QED) is 0.873. The van der Waals surface area contributed by atoms with E-state index in [1.165, 1.54) is 37.8 Å². The van der Waals surface area contributed by atoms with Crippen molar-refractivity contribution in [2.24, 2.45) is 5.41 Å². The summed E-state index contributed by atoms with van der Waals surface area (Å²) in [7, 11) is 0. The van der Waals surface area contributed by atoms with Crippen LogP contribution >= 0.6 is 15.9 Å². The molecule has 1 heterocycles. The second-order valence-corrected chi connectivity index (χ2v) is 6.48. The van der Waals surface area contributed by atoms with Crippen LogP contribution in [0.2, 0.25) is 0 Å². The van der Waals surface area contributed by atoms with E-state index in [1.807, 2.05) is 6.07 Å². The molecule has 1 saturated heterocycles. The van der Waals surface area contributed by atoms with Crippen LogP contribution in [0.1, 0.15) is 25.7 Å². The smallest absolute Gasteiger partial charge is 0.124 e. The first-order valence-electron chi connectivity index (χ1n) is 6.59. The van der Waals surface area contributed by atoms with Gasteiger partial charge < -0.3 is 10.6 Å². The topological polar surface area (TPSA) is 24.1 Å². The molecule has 2 fully saturated rings. The SMILES string of the molecule is Fc1ccc(NC2CC3(CCNCC3)C2)c(Br)c1. The highest BCUT2D eigenvalue weighted by Gasteiger charge is 2.44. The van der Waals surface area contributed by atoms with Crippen LogP contribution in [0.25, 0.3) is 0 Å². The molecule has 98 valence electrons. The van der Waals surface area contributed by atoms with Crippen molar-refractivity contribution in [3.63, 3.8) is 0 Å². The van der Waals surface area contributed by atoms with Crippen molar-refractivity contribution in [2.45, 2.75) is 31.7 Å². The summed E-state index contributed by atoms with van der Waals surface area (Å²) >= 11 is 3.40. The van der Waals surface area contributed by atoms with Crippen molar-refractivity contribution in [1.29, 1.82) is 0 Å². The van der Waals surface area contributed by atoms with Gasteiger partial charge in [-0.15, -0.1) is 0 Å². The second-order valence-electron chi connectivity index (χ2n) is 5.62. The Morgan fingerprint density at radius 2 is 2.00 bits per heavy atom. The van der Waals surface area contributed by atoms with E-state index in [-0.39, 0.29) is 5.82 Å². The van der Waals surface area contributed by atoms with Crippen LogP contribution in [0, 0.1) is 11.2 Å². The molecule has 1 aromatic carbocycles. The molecule has 2 N–H and O–H groups in total. The fourth-order valence-corrected chi connectivity index (χ4v) is 3.74. The predicted octanol–water partition coefficient (Wildman–Crippen LogP) is 3.53. The standard InChI is InChI=1S/C14H18BrFN2/c15-12-7-10(16)1-2-13(12)18-11-8-14(9-11)3-5-17-6-4-14/h1-2,7,11,17-18H,3-6,8-9H2. The zero-order valence-corrected chi connectivity index (χ0v) is 11.9. The van der Waals surface area contributed by atoms with Gasteiger partial charge in [0.25, 0.3) is 0 Å². The van der Waals surface area contributed by atoms with Gasteiger partial charge in [-0.25, -0.2) is 4.39 Å². The van der Waals surface area contributed by atoms with Crippen molar-refractivity contribution in [3.05, 3.63) is 28.5 Å². The summed E-state index contributed by atoms with van der Waals surface area (Å²) in [6, 6.07) is 5.38.